The number of nitrogens with one attached hydrogen (secondary N) is 1. The number of benzene rings is 1. The lowest BCUT2D eigenvalue weighted by atomic mass is 10.1. The Balaban J connectivity index is 2.16. The predicted molar refractivity (Wildman–Crippen MR) is 69.4 cm³/mol. The molecule has 0 aliphatic rings. The van der Waals surface area contributed by atoms with Crippen LogP contribution in [-0.2, 0) is 6.54 Å². The first-order valence-corrected chi connectivity index (χ1v) is 5.69. The van der Waals surface area contributed by atoms with E-state index in [1.54, 1.807) is 14.0 Å². The number of aromatic amines is 1. The first-order valence-electron chi connectivity index (χ1n) is 5.69. The van der Waals surface area contributed by atoms with Crippen molar-refractivity contribution in [3.05, 3.63) is 35.4 Å². The maximum Gasteiger partial charge on any atom is 0.256 e. The number of rotatable bonds is 3. The molecule has 0 spiro atoms. The molecule has 0 unspecified atom stereocenters. The number of phenols is 1. The number of aromatic hydroxyl groups is 1. The zero-order valence-electron chi connectivity index (χ0n) is 10.7. The van der Waals surface area contributed by atoms with Crippen molar-refractivity contribution < 1.29 is 9.90 Å². The van der Waals surface area contributed by atoms with E-state index in [9.17, 15) is 9.90 Å². The van der Waals surface area contributed by atoms with Crippen LogP contribution in [-0.4, -0.2) is 38.1 Å². The van der Waals surface area contributed by atoms with Crippen molar-refractivity contribution in [1.82, 2.24) is 20.1 Å². The van der Waals surface area contributed by atoms with E-state index in [4.69, 9.17) is 5.73 Å². The highest BCUT2D eigenvalue weighted by molar-refractivity contribution is 5.99. The molecular formula is C12H15N5O2. The van der Waals surface area contributed by atoms with Crippen LogP contribution >= 0.6 is 0 Å². The van der Waals surface area contributed by atoms with Gasteiger partial charge in [0.2, 0.25) is 0 Å². The van der Waals surface area contributed by atoms with E-state index in [2.05, 4.69) is 15.2 Å². The van der Waals surface area contributed by atoms with Gasteiger partial charge >= 0.3 is 0 Å². The van der Waals surface area contributed by atoms with Crippen LogP contribution in [0.4, 0.5) is 5.69 Å². The number of H-pyrrole nitrogens is 1. The van der Waals surface area contributed by atoms with Crippen molar-refractivity contribution >= 4 is 11.6 Å². The van der Waals surface area contributed by atoms with Crippen LogP contribution in [0.3, 0.4) is 0 Å². The average Bonchev–Trinajstić information content (AvgIpc) is 2.77. The molecule has 2 aromatic rings. The molecule has 100 valence electrons. The summed E-state index contributed by atoms with van der Waals surface area (Å²) in [4.78, 5) is 17.8. The van der Waals surface area contributed by atoms with Gasteiger partial charge in [-0.15, -0.1) is 0 Å². The number of aryl methyl sites for hydroxylation is 1. The average molecular weight is 261 g/mol. The fourth-order valence-electron chi connectivity index (χ4n) is 1.68. The number of nitrogen functional groups attached to an aromatic ring is 1. The van der Waals surface area contributed by atoms with E-state index < -0.39 is 0 Å². The maximum atomic E-state index is 12.2. The Bertz CT molecular complexity index is 608. The number of anilines is 1. The SMILES string of the molecule is Cc1nc(CN(C)C(=O)c2cc(O)ccc2N)n[nH]1. The van der Waals surface area contributed by atoms with E-state index in [1.807, 2.05) is 0 Å². The molecule has 7 heteroatoms. The van der Waals surface area contributed by atoms with Gasteiger partial charge in [-0.2, -0.15) is 5.10 Å². The molecular weight excluding hydrogens is 246 g/mol. The Morgan fingerprint density at radius 3 is 2.89 bits per heavy atom. The second-order valence-corrected chi connectivity index (χ2v) is 4.27. The summed E-state index contributed by atoms with van der Waals surface area (Å²) in [5.41, 5.74) is 6.31. The van der Waals surface area contributed by atoms with Crippen molar-refractivity contribution in [3.8, 4) is 5.75 Å². The van der Waals surface area contributed by atoms with Crippen LogP contribution in [0.2, 0.25) is 0 Å². The minimum Gasteiger partial charge on any atom is -0.508 e. The van der Waals surface area contributed by atoms with Crippen LogP contribution in [0.25, 0.3) is 0 Å². The van der Waals surface area contributed by atoms with Crippen molar-refractivity contribution in [2.24, 2.45) is 0 Å². The quantitative estimate of drug-likeness (QED) is 0.556. The number of phenolic OH excluding ortho intramolecular Hbond substituents is 1. The molecule has 0 aliphatic carbocycles. The smallest absolute Gasteiger partial charge is 0.256 e. The lowest BCUT2D eigenvalue weighted by Crippen LogP contribution is -2.27. The number of amides is 1. The summed E-state index contributed by atoms with van der Waals surface area (Å²) in [6.07, 6.45) is 0. The van der Waals surface area contributed by atoms with Gasteiger partial charge in [-0.25, -0.2) is 4.98 Å². The van der Waals surface area contributed by atoms with Crippen LogP contribution in [0, 0.1) is 6.92 Å². The Labute approximate surface area is 110 Å². The van der Waals surface area contributed by atoms with Gasteiger partial charge in [0.1, 0.15) is 11.6 Å². The Morgan fingerprint density at radius 2 is 2.26 bits per heavy atom. The standard InChI is InChI=1S/C12H15N5O2/c1-7-14-11(16-15-7)6-17(2)12(19)9-5-8(18)3-4-10(9)13/h3-5,18H,6,13H2,1-2H3,(H,14,15,16). The molecule has 0 radical (unpaired) electrons. The van der Waals surface area contributed by atoms with Gasteiger partial charge in [0.15, 0.2) is 5.82 Å². The summed E-state index contributed by atoms with van der Waals surface area (Å²) in [5, 5.41) is 16.1. The lowest BCUT2D eigenvalue weighted by molar-refractivity contribution is 0.0782. The Kier molecular flexibility index (Phi) is 3.37. The van der Waals surface area contributed by atoms with E-state index in [1.165, 1.54) is 23.1 Å². The fraction of sp³-hybridized carbons (Fsp3) is 0.250. The molecule has 4 N–H and O–H groups in total. The van der Waals surface area contributed by atoms with Gasteiger partial charge in [-0.3, -0.25) is 9.89 Å². The highest BCUT2D eigenvalue weighted by Crippen LogP contribution is 2.20. The molecule has 0 saturated heterocycles. The third-order valence-electron chi connectivity index (χ3n) is 2.64. The van der Waals surface area contributed by atoms with Crippen molar-refractivity contribution in [2.75, 3.05) is 12.8 Å². The number of nitrogens with zero attached hydrogens (tertiary/aromatic N) is 3. The van der Waals surface area contributed by atoms with Crippen LogP contribution in [0.15, 0.2) is 18.2 Å². The first-order chi connectivity index (χ1) is 8.97. The van der Waals surface area contributed by atoms with E-state index in [0.717, 1.165) is 0 Å². The van der Waals surface area contributed by atoms with Gasteiger partial charge in [0, 0.05) is 12.7 Å². The first kappa shape index (κ1) is 12.9. The van der Waals surface area contributed by atoms with Crippen molar-refractivity contribution in [1.29, 1.82) is 0 Å². The monoisotopic (exact) mass is 261 g/mol. The number of hydrogen-bond acceptors (Lipinski definition) is 5. The number of nitrogens with two attached hydrogens (primary N) is 1. The second kappa shape index (κ2) is 4.97. The molecule has 1 aromatic heterocycles. The molecule has 1 aromatic carbocycles. The van der Waals surface area contributed by atoms with Crippen LogP contribution in [0.1, 0.15) is 22.0 Å². The zero-order chi connectivity index (χ0) is 14.0. The van der Waals surface area contributed by atoms with Gasteiger partial charge < -0.3 is 15.7 Å². The minimum absolute atomic E-state index is 0.000288. The molecule has 7 nitrogen and oxygen atoms in total. The van der Waals surface area contributed by atoms with Gasteiger partial charge in [0.25, 0.3) is 5.91 Å². The summed E-state index contributed by atoms with van der Waals surface area (Å²) in [7, 11) is 1.62. The van der Waals surface area contributed by atoms with Crippen LogP contribution in [0.5, 0.6) is 5.75 Å². The van der Waals surface area contributed by atoms with Crippen molar-refractivity contribution in [2.45, 2.75) is 13.5 Å². The molecule has 0 saturated carbocycles. The molecule has 0 bridgehead atoms. The summed E-state index contributed by atoms with van der Waals surface area (Å²) >= 11 is 0. The second-order valence-electron chi connectivity index (χ2n) is 4.27. The lowest BCUT2D eigenvalue weighted by Gasteiger charge is -2.16. The van der Waals surface area contributed by atoms with Gasteiger partial charge in [0.05, 0.1) is 12.1 Å². The Hall–Kier alpha value is -2.57. The predicted octanol–water partition coefficient (Wildman–Crippen LogP) is 0.673. The van der Waals surface area contributed by atoms with E-state index in [-0.39, 0.29) is 23.8 Å². The molecule has 0 aliphatic heterocycles. The summed E-state index contributed by atoms with van der Waals surface area (Å²) in [6, 6.07) is 4.27. The number of carbonyl (C=O) groups is 1. The number of aromatic nitrogens is 3. The third-order valence-corrected chi connectivity index (χ3v) is 2.64. The van der Waals surface area contributed by atoms with E-state index >= 15 is 0 Å². The number of hydrogen-bond donors (Lipinski definition) is 3. The summed E-state index contributed by atoms with van der Waals surface area (Å²) in [5.74, 6) is 0.912. The number of carbonyl (C=O) groups excluding carboxylic acids is 1. The summed E-state index contributed by atoms with van der Waals surface area (Å²) < 4.78 is 0. The molecule has 19 heavy (non-hydrogen) atoms. The minimum atomic E-state index is -0.296. The highest BCUT2D eigenvalue weighted by Gasteiger charge is 2.17. The zero-order valence-corrected chi connectivity index (χ0v) is 10.7. The Morgan fingerprint density at radius 1 is 1.53 bits per heavy atom. The normalized spacial score (nSPS) is 10.4. The van der Waals surface area contributed by atoms with Crippen LogP contribution < -0.4 is 5.73 Å². The fourth-order valence-corrected chi connectivity index (χ4v) is 1.68. The molecule has 1 heterocycles. The topological polar surface area (TPSA) is 108 Å². The molecule has 2 rings (SSSR count). The van der Waals surface area contributed by atoms with Crippen molar-refractivity contribution in [3.63, 3.8) is 0 Å². The largest absolute Gasteiger partial charge is 0.508 e. The van der Waals surface area contributed by atoms with E-state index in [0.29, 0.717) is 17.3 Å². The third kappa shape index (κ3) is 2.82. The van der Waals surface area contributed by atoms with Gasteiger partial charge in [-0.05, 0) is 25.1 Å². The van der Waals surface area contributed by atoms with Gasteiger partial charge in [-0.1, -0.05) is 0 Å². The highest BCUT2D eigenvalue weighted by atomic mass is 16.3. The molecule has 1 amide bonds. The molecule has 0 fully saturated rings. The maximum absolute atomic E-state index is 12.2. The molecule has 0 atom stereocenters. The summed E-state index contributed by atoms with van der Waals surface area (Å²) in [6.45, 7) is 2.05.